The SMILES string of the molecule is COc1cc(NC(=O)[C@](CC(F)(F)F)(N=[N+]=[N-])c2ccccc2)cc(OC)c1. The highest BCUT2D eigenvalue weighted by atomic mass is 19.4. The first-order valence-corrected chi connectivity index (χ1v) is 7.97. The Morgan fingerprint density at radius 3 is 2.14 bits per heavy atom. The van der Waals surface area contributed by atoms with Gasteiger partial charge in [0.1, 0.15) is 11.5 Å². The van der Waals surface area contributed by atoms with E-state index in [4.69, 9.17) is 15.0 Å². The number of rotatable bonds is 7. The van der Waals surface area contributed by atoms with Gasteiger partial charge < -0.3 is 14.8 Å². The summed E-state index contributed by atoms with van der Waals surface area (Å²) in [4.78, 5) is 15.5. The predicted molar refractivity (Wildman–Crippen MR) is 96.1 cm³/mol. The molecule has 0 heterocycles. The molecule has 0 fully saturated rings. The van der Waals surface area contributed by atoms with Crippen LogP contribution in [0.1, 0.15) is 12.0 Å². The first-order chi connectivity index (χ1) is 13.2. The molecule has 148 valence electrons. The molecular formula is C18H17F3N4O3. The largest absolute Gasteiger partial charge is 0.497 e. The zero-order valence-electron chi connectivity index (χ0n) is 15.0. The summed E-state index contributed by atoms with van der Waals surface area (Å²) in [7, 11) is 2.77. The number of benzene rings is 2. The average Bonchev–Trinajstić information content (AvgIpc) is 2.66. The van der Waals surface area contributed by atoms with E-state index in [1.54, 1.807) is 6.07 Å². The molecule has 0 saturated heterocycles. The van der Waals surface area contributed by atoms with Crippen molar-refractivity contribution in [3.05, 3.63) is 64.5 Å². The molecule has 1 atom stereocenters. The molecule has 2 aromatic carbocycles. The number of hydrogen-bond acceptors (Lipinski definition) is 4. The van der Waals surface area contributed by atoms with Crippen molar-refractivity contribution in [1.29, 1.82) is 0 Å². The summed E-state index contributed by atoms with van der Waals surface area (Å²) in [6.07, 6.45) is -6.44. The number of hydrogen-bond donors (Lipinski definition) is 1. The van der Waals surface area contributed by atoms with Crippen molar-refractivity contribution < 1.29 is 27.4 Å². The third-order valence-corrected chi connectivity index (χ3v) is 3.91. The lowest BCUT2D eigenvalue weighted by Gasteiger charge is -2.29. The number of amides is 1. The van der Waals surface area contributed by atoms with Crippen molar-refractivity contribution in [2.45, 2.75) is 18.1 Å². The van der Waals surface area contributed by atoms with Crippen LogP contribution in [0.25, 0.3) is 10.4 Å². The van der Waals surface area contributed by atoms with Crippen LogP contribution in [0.4, 0.5) is 18.9 Å². The number of halogens is 3. The van der Waals surface area contributed by atoms with E-state index in [1.807, 2.05) is 0 Å². The first-order valence-electron chi connectivity index (χ1n) is 7.97. The van der Waals surface area contributed by atoms with Crippen LogP contribution in [0.3, 0.4) is 0 Å². The van der Waals surface area contributed by atoms with Crippen molar-refractivity contribution in [3.8, 4) is 11.5 Å². The Labute approximate surface area is 158 Å². The molecule has 10 heteroatoms. The fourth-order valence-corrected chi connectivity index (χ4v) is 2.65. The normalized spacial score (nSPS) is 13.0. The minimum Gasteiger partial charge on any atom is -0.497 e. The topological polar surface area (TPSA) is 96.3 Å². The van der Waals surface area contributed by atoms with Crippen molar-refractivity contribution >= 4 is 11.6 Å². The zero-order valence-corrected chi connectivity index (χ0v) is 15.0. The number of nitrogens with zero attached hydrogens (tertiary/aromatic N) is 3. The number of anilines is 1. The van der Waals surface area contributed by atoms with Crippen LogP contribution in [-0.4, -0.2) is 26.3 Å². The monoisotopic (exact) mass is 394 g/mol. The molecule has 0 aliphatic carbocycles. The maximum atomic E-state index is 13.3. The van der Waals surface area contributed by atoms with E-state index in [1.165, 1.54) is 56.7 Å². The third kappa shape index (κ3) is 4.86. The van der Waals surface area contributed by atoms with Crippen molar-refractivity contribution in [2.24, 2.45) is 5.11 Å². The highest BCUT2D eigenvalue weighted by Gasteiger charge is 2.49. The van der Waals surface area contributed by atoms with Crippen LogP contribution in [0.2, 0.25) is 0 Å². The van der Waals surface area contributed by atoms with Gasteiger partial charge in [0.25, 0.3) is 0 Å². The molecule has 0 saturated carbocycles. The Kier molecular flexibility index (Phi) is 6.37. The van der Waals surface area contributed by atoms with E-state index < -0.39 is 24.0 Å². The average molecular weight is 394 g/mol. The Morgan fingerprint density at radius 1 is 1.11 bits per heavy atom. The lowest BCUT2D eigenvalue weighted by Crippen LogP contribution is -2.42. The lowest BCUT2D eigenvalue weighted by atomic mass is 9.86. The van der Waals surface area contributed by atoms with Crippen LogP contribution in [0, 0.1) is 0 Å². The molecule has 7 nitrogen and oxygen atoms in total. The van der Waals surface area contributed by atoms with E-state index in [0.29, 0.717) is 11.5 Å². The fourth-order valence-electron chi connectivity index (χ4n) is 2.65. The first kappa shape index (κ1) is 20.9. The minimum atomic E-state index is -4.77. The van der Waals surface area contributed by atoms with Crippen molar-refractivity contribution in [2.75, 3.05) is 19.5 Å². The maximum Gasteiger partial charge on any atom is 0.390 e. The summed E-state index contributed by atoms with van der Waals surface area (Å²) in [5, 5.41) is 5.65. The third-order valence-electron chi connectivity index (χ3n) is 3.91. The molecule has 0 bridgehead atoms. The maximum absolute atomic E-state index is 13.3. The van der Waals surface area contributed by atoms with E-state index in [9.17, 15) is 18.0 Å². The van der Waals surface area contributed by atoms with Crippen LogP contribution in [-0.2, 0) is 10.3 Å². The number of ether oxygens (including phenoxy) is 2. The number of carbonyl (C=O) groups excluding carboxylic acids is 1. The summed E-state index contributed by atoms with van der Waals surface area (Å²) >= 11 is 0. The fraction of sp³-hybridized carbons (Fsp3) is 0.278. The molecule has 28 heavy (non-hydrogen) atoms. The molecule has 0 aliphatic heterocycles. The van der Waals surface area contributed by atoms with Gasteiger partial charge >= 0.3 is 6.18 Å². The zero-order chi connectivity index (χ0) is 20.8. The van der Waals surface area contributed by atoms with E-state index in [2.05, 4.69) is 15.3 Å². The van der Waals surface area contributed by atoms with E-state index in [0.717, 1.165) is 0 Å². The van der Waals surface area contributed by atoms with Gasteiger partial charge in [-0.25, -0.2) is 0 Å². The van der Waals surface area contributed by atoms with Gasteiger partial charge in [-0.3, -0.25) is 4.79 Å². The highest BCUT2D eigenvalue weighted by Crippen LogP contribution is 2.39. The van der Waals surface area contributed by atoms with E-state index >= 15 is 0 Å². The van der Waals surface area contributed by atoms with Crippen LogP contribution < -0.4 is 14.8 Å². The minimum absolute atomic E-state index is 0.0857. The number of alkyl halides is 3. The molecular weight excluding hydrogens is 377 g/mol. The Hall–Kier alpha value is -3.39. The summed E-state index contributed by atoms with van der Waals surface area (Å²) in [6.45, 7) is 0. The van der Waals surface area contributed by atoms with E-state index in [-0.39, 0.29) is 11.3 Å². The second-order valence-electron chi connectivity index (χ2n) is 5.76. The van der Waals surface area contributed by atoms with Gasteiger partial charge in [-0.1, -0.05) is 35.4 Å². The van der Waals surface area contributed by atoms with Crippen LogP contribution >= 0.6 is 0 Å². The van der Waals surface area contributed by atoms with Gasteiger partial charge in [-0.05, 0) is 11.1 Å². The number of azide groups is 1. The highest BCUT2D eigenvalue weighted by molar-refractivity contribution is 5.99. The standard InChI is InChI=1S/C18H17F3N4O3/c1-27-14-8-13(9-15(10-14)28-2)23-16(26)17(24-25-22,11-18(19,20)21)12-6-4-3-5-7-12/h3-10H,11H2,1-2H3,(H,23,26)/t17-/m1/s1. The van der Waals surface area contributed by atoms with Crippen molar-refractivity contribution in [1.82, 2.24) is 0 Å². The molecule has 2 aromatic rings. The molecule has 0 aromatic heterocycles. The summed E-state index contributed by atoms with van der Waals surface area (Å²) in [5.41, 5.74) is 6.42. The van der Waals surface area contributed by atoms with Gasteiger partial charge in [-0.2, -0.15) is 13.2 Å². The molecule has 1 amide bonds. The Balaban J connectivity index is 2.54. The molecule has 0 spiro atoms. The van der Waals surface area contributed by atoms with Gasteiger partial charge in [0, 0.05) is 28.8 Å². The molecule has 0 radical (unpaired) electrons. The predicted octanol–water partition coefficient (Wildman–Crippen LogP) is 4.80. The van der Waals surface area contributed by atoms with Crippen LogP contribution in [0.5, 0.6) is 11.5 Å². The number of nitrogens with one attached hydrogen (secondary N) is 1. The van der Waals surface area contributed by atoms with Crippen molar-refractivity contribution in [3.63, 3.8) is 0 Å². The lowest BCUT2D eigenvalue weighted by molar-refractivity contribution is -0.156. The van der Waals surface area contributed by atoms with Gasteiger partial charge in [-0.15, -0.1) is 0 Å². The Morgan fingerprint density at radius 2 is 1.68 bits per heavy atom. The summed E-state index contributed by atoms with van der Waals surface area (Å²) in [6, 6.07) is 11.4. The Bertz CT molecular complexity index is 861. The summed E-state index contributed by atoms with van der Waals surface area (Å²) in [5.74, 6) is -0.497. The molecule has 1 N–H and O–H groups in total. The second kappa shape index (κ2) is 8.53. The quantitative estimate of drug-likeness (QED) is 0.415. The number of methoxy groups -OCH3 is 2. The summed E-state index contributed by atoms with van der Waals surface area (Å²) < 4.78 is 50.0. The molecule has 0 unspecified atom stereocenters. The van der Waals surface area contributed by atoms with Gasteiger partial charge in [0.2, 0.25) is 5.91 Å². The van der Waals surface area contributed by atoms with Gasteiger partial charge in [0.05, 0.1) is 20.6 Å². The molecule has 2 rings (SSSR count). The second-order valence-corrected chi connectivity index (χ2v) is 5.76. The molecule has 0 aliphatic rings. The van der Waals surface area contributed by atoms with Gasteiger partial charge in [0.15, 0.2) is 5.54 Å². The number of carbonyl (C=O) groups is 1. The smallest absolute Gasteiger partial charge is 0.390 e. The van der Waals surface area contributed by atoms with Crippen LogP contribution in [0.15, 0.2) is 53.6 Å².